The van der Waals surface area contributed by atoms with Gasteiger partial charge in [0.1, 0.15) is 11.3 Å². The highest BCUT2D eigenvalue weighted by molar-refractivity contribution is 5.92. The number of nitrogens with zero attached hydrogens (tertiary/aromatic N) is 1. The van der Waals surface area contributed by atoms with E-state index in [1.54, 1.807) is 0 Å². The van der Waals surface area contributed by atoms with E-state index in [1.165, 1.54) is 32.7 Å². The molecule has 0 spiro atoms. The maximum atomic E-state index is 6.25. The van der Waals surface area contributed by atoms with Gasteiger partial charge < -0.3 is 9.32 Å². The molecule has 0 radical (unpaired) electrons. The number of hydrogen-bond donors (Lipinski definition) is 0. The van der Waals surface area contributed by atoms with Crippen LogP contribution >= 0.6 is 0 Å². The Kier molecular flexibility index (Phi) is 5.82. The van der Waals surface area contributed by atoms with Gasteiger partial charge in [-0.2, -0.15) is 0 Å². The smallest absolute Gasteiger partial charge is 0.135 e. The van der Waals surface area contributed by atoms with Crippen molar-refractivity contribution in [2.75, 3.05) is 4.90 Å². The van der Waals surface area contributed by atoms with E-state index in [2.05, 4.69) is 150 Å². The molecule has 2 heteroatoms. The van der Waals surface area contributed by atoms with Gasteiger partial charge in [-0.15, -0.1) is 0 Å². The Morgan fingerprint density at radius 1 is 0.333 bits per heavy atom. The van der Waals surface area contributed by atoms with E-state index < -0.39 is 0 Å². The molecule has 0 fully saturated rings. The molecule has 2 nitrogen and oxygen atoms in total. The third-order valence-electron chi connectivity index (χ3n) is 7.99. The fraction of sp³-hybridized carbons (Fsp3) is 0. The van der Waals surface area contributed by atoms with Crippen LogP contribution in [0.15, 0.2) is 168 Å². The van der Waals surface area contributed by atoms with Crippen LogP contribution in [0.4, 0.5) is 17.1 Å². The van der Waals surface area contributed by atoms with Gasteiger partial charge in [-0.3, -0.25) is 0 Å². The number of para-hydroxylation sites is 1. The van der Waals surface area contributed by atoms with Gasteiger partial charge in [0, 0.05) is 28.0 Å². The van der Waals surface area contributed by atoms with Crippen LogP contribution in [0.25, 0.3) is 55.0 Å². The molecule has 0 bridgehead atoms. The number of benzene rings is 7. The van der Waals surface area contributed by atoms with E-state index in [9.17, 15) is 0 Å². The van der Waals surface area contributed by atoms with E-state index in [4.69, 9.17) is 4.42 Å². The Morgan fingerprint density at radius 3 is 1.62 bits per heavy atom. The molecule has 7 aromatic carbocycles. The standard InChI is InChI=1S/C40H27NO/c1-3-11-30-23-33(20-19-28(30)9-1)32-14-7-16-36(25-32)41(38-22-21-29-10-2-4-12-31(29)24-38)37-17-8-15-34(26-37)40-27-35-13-5-6-18-39(35)42-40/h1-27H. The Hall–Kier alpha value is -5.60. The van der Waals surface area contributed by atoms with Crippen LogP contribution < -0.4 is 4.90 Å². The van der Waals surface area contributed by atoms with Gasteiger partial charge in [-0.25, -0.2) is 0 Å². The Balaban J connectivity index is 1.28. The summed E-state index contributed by atoms with van der Waals surface area (Å²) in [5, 5.41) is 6.02. The summed E-state index contributed by atoms with van der Waals surface area (Å²) in [5.74, 6) is 0.862. The van der Waals surface area contributed by atoms with Crippen LogP contribution in [-0.2, 0) is 0 Å². The van der Waals surface area contributed by atoms with Crippen molar-refractivity contribution in [3.8, 4) is 22.5 Å². The molecule has 0 aliphatic carbocycles. The van der Waals surface area contributed by atoms with Gasteiger partial charge in [-0.05, 0) is 87.3 Å². The van der Waals surface area contributed by atoms with Gasteiger partial charge in [0.15, 0.2) is 0 Å². The lowest BCUT2D eigenvalue weighted by molar-refractivity contribution is 0.631. The summed E-state index contributed by atoms with van der Waals surface area (Å²) in [4.78, 5) is 2.34. The van der Waals surface area contributed by atoms with E-state index in [1.807, 2.05) is 18.2 Å². The van der Waals surface area contributed by atoms with Crippen LogP contribution in [0.1, 0.15) is 0 Å². The molecular weight excluding hydrogens is 510 g/mol. The predicted molar refractivity (Wildman–Crippen MR) is 177 cm³/mol. The second-order valence-electron chi connectivity index (χ2n) is 10.7. The van der Waals surface area contributed by atoms with Gasteiger partial charge in [0.25, 0.3) is 0 Å². The molecule has 8 aromatic rings. The van der Waals surface area contributed by atoms with Crippen LogP contribution in [0.3, 0.4) is 0 Å². The summed E-state index contributed by atoms with van der Waals surface area (Å²) >= 11 is 0. The largest absolute Gasteiger partial charge is 0.456 e. The first-order valence-corrected chi connectivity index (χ1v) is 14.3. The fourth-order valence-corrected chi connectivity index (χ4v) is 5.88. The normalized spacial score (nSPS) is 11.3. The maximum Gasteiger partial charge on any atom is 0.135 e. The average molecular weight is 538 g/mol. The number of rotatable bonds is 5. The second-order valence-corrected chi connectivity index (χ2v) is 10.7. The van der Waals surface area contributed by atoms with Crippen molar-refractivity contribution in [3.63, 3.8) is 0 Å². The fourth-order valence-electron chi connectivity index (χ4n) is 5.88. The molecule has 0 atom stereocenters. The Labute approximate surface area is 244 Å². The monoisotopic (exact) mass is 537 g/mol. The summed E-state index contributed by atoms with van der Waals surface area (Å²) in [7, 11) is 0. The summed E-state index contributed by atoms with van der Waals surface area (Å²) in [5.41, 5.74) is 7.58. The van der Waals surface area contributed by atoms with Crippen LogP contribution in [0.5, 0.6) is 0 Å². The molecule has 0 amide bonds. The summed E-state index contributed by atoms with van der Waals surface area (Å²) in [6.07, 6.45) is 0. The molecule has 0 unspecified atom stereocenters. The van der Waals surface area contributed by atoms with Crippen LogP contribution in [0, 0.1) is 0 Å². The molecule has 0 N–H and O–H groups in total. The lowest BCUT2D eigenvalue weighted by Crippen LogP contribution is -2.10. The molecule has 198 valence electrons. The first-order valence-electron chi connectivity index (χ1n) is 14.3. The van der Waals surface area contributed by atoms with E-state index >= 15 is 0 Å². The third kappa shape index (κ3) is 4.40. The highest BCUT2D eigenvalue weighted by Gasteiger charge is 2.16. The van der Waals surface area contributed by atoms with Gasteiger partial charge in [0.05, 0.1) is 0 Å². The van der Waals surface area contributed by atoms with Crippen molar-refractivity contribution >= 4 is 49.6 Å². The first-order chi connectivity index (χ1) is 20.8. The third-order valence-corrected chi connectivity index (χ3v) is 7.99. The lowest BCUT2D eigenvalue weighted by Gasteiger charge is -2.27. The summed E-state index contributed by atoms with van der Waals surface area (Å²) in [6.45, 7) is 0. The minimum Gasteiger partial charge on any atom is -0.456 e. The number of fused-ring (bicyclic) bond motifs is 3. The molecule has 0 aliphatic heterocycles. The zero-order chi connectivity index (χ0) is 27.9. The zero-order valence-corrected chi connectivity index (χ0v) is 22.9. The molecule has 8 rings (SSSR count). The van der Waals surface area contributed by atoms with E-state index in [0.29, 0.717) is 0 Å². The molecule has 42 heavy (non-hydrogen) atoms. The maximum absolute atomic E-state index is 6.25. The van der Waals surface area contributed by atoms with Crippen molar-refractivity contribution in [2.45, 2.75) is 0 Å². The number of hydrogen-bond acceptors (Lipinski definition) is 2. The minimum absolute atomic E-state index is 0.862. The van der Waals surface area contributed by atoms with Crippen LogP contribution in [-0.4, -0.2) is 0 Å². The summed E-state index contributed by atoms with van der Waals surface area (Å²) < 4.78 is 6.25. The molecule has 1 heterocycles. The molecule has 0 saturated heterocycles. The van der Waals surface area contributed by atoms with Crippen molar-refractivity contribution in [1.29, 1.82) is 0 Å². The van der Waals surface area contributed by atoms with Gasteiger partial charge >= 0.3 is 0 Å². The van der Waals surface area contributed by atoms with Crippen LogP contribution in [0.2, 0.25) is 0 Å². The van der Waals surface area contributed by atoms with Crippen molar-refractivity contribution < 1.29 is 4.42 Å². The average Bonchev–Trinajstić information content (AvgIpc) is 3.50. The van der Waals surface area contributed by atoms with Crippen molar-refractivity contribution in [1.82, 2.24) is 0 Å². The zero-order valence-electron chi connectivity index (χ0n) is 22.9. The topological polar surface area (TPSA) is 16.4 Å². The van der Waals surface area contributed by atoms with E-state index in [0.717, 1.165) is 39.4 Å². The summed E-state index contributed by atoms with van der Waals surface area (Å²) in [6, 6.07) is 58.1. The highest BCUT2D eigenvalue weighted by atomic mass is 16.3. The van der Waals surface area contributed by atoms with Crippen molar-refractivity contribution in [2.24, 2.45) is 0 Å². The van der Waals surface area contributed by atoms with Crippen molar-refractivity contribution in [3.05, 3.63) is 164 Å². The predicted octanol–water partition coefficient (Wildman–Crippen LogP) is 11.5. The number of furan rings is 1. The molecule has 0 saturated carbocycles. The quantitative estimate of drug-likeness (QED) is 0.217. The first kappa shape index (κ1) is 24.2. The molecule has 1 aromatic heterocycles. The SMILES string of the molecule is c1cc(-c2ccc3ccccc3c2)cc(N(c2cccc(-c3cc4ccccc4o3)c2)c2ccc3ccccc3c2)c1. The van der Waals surface area contributed by atoms with Gasteiger partial charge in [0.2, 0.25) is 0 Å². The number of anilines is 3. The Bertz CT molecular complexity index is 2190. The van der Waals surface area contributed by atoms with E-state index in [-0.39, 0.29) is 0 Å². The molecular formula is C40H27NO. The second kappa shape index (κ2) is 10.1. The van der Waals surface area contributed by atoms with Gasteiger partial charge in [-0.1, -0.05) is 109 Å². The molecule has 0 aliphatic rings. The lowest BCUT2D eigenvalue weighted by atomic mass is 10.00. The highest BCUT2D eigenvalue weighted by Crippen LogP contribution is 2.40. The minimum atomic E-state index is 0.862. The Morgan fingerprint density at radius 2 is 0.881 bits per heavy atom.